The molecular formula is C21H24ClNO5. The predicted molar refractivity (Wildman–Crippen MR) is 108 cm³/mol. The number of hydrogen-bond acceptors (Lipinski definition) is 4. The van der Waals surface area contributed by atoms with Crippen molar-refractivity contribution in [2.75, 3.05) is 6.61 Å². The van der Waals surface area contributed by atoms with Gasteiger partial charge in [0.15, 0.2) is 6.61 Å². The van der Waals surface area contributed by atoms with Crippen LogP contribution in [0.15, 0.2) is 42.5 Å². The molecule has 0 saturated heterocycles. The van der Waals surface area contributed by atoms with E-state index in [9.17, 15) is 9.59 Å². The van der Waals surface area contributed by atoms with Crippen molar-refractivity contribution in [3.8, 4) is 22.6 Å². The van der Waals surface area contributed by atoms with Crippen molar-refractivity contribution >= 4 is 23.7 Å². The summed E-state index contributed by atoms with van der Waals surface area (Å²) in [6, 6.07) is 12.0. The number of carbonyl (C=O) groups excluding carboxylic acids is 1. The van der Waals surface area contributed by atoms with Crippen LogP contribution in [0, 0.1) is 0 Å². The number of benzene rings is 2. The van der Waals surface area contributed by atoms with Gasteiger partial charge in [0, 0.05) is 23.7 Å². The molecule has 1 N–H and O–H groups in total. The van der Waals surface area contributed by atoms with Crippen LogP contribution in [0.5, 0.6) is 11.5 Å². The first-order valence-electron chi connectivity index (χ1n) is 8.93. The highest BCUT2D eigenvalue weighted by Gasteiger charge is 2.20. The van der Waals surface area contributed by atoms with Crippen LogP contribution >= 0.6 is 11.6 Å². The van der Waals surface area contributed by atoms with Gasteiger partial charge in [-0.2, -0.15) is 0 Å². The second kappa shape index (κ2) is 9.46. The molecule has 0 radical (unpaired) electrons. The molecule has 2 rings (SSSR count). The minimum atomic E-state index is -1.40. The highest BCUT2D eigenvalue weighted by molar-refractivity contribution is 6.33. The average Bonchev–Trinajstić information content (AvgIpc) is 2.59. The van der Waals surface area contributed by atoms with Crippen molar-refractivity contribution in [1.82, 2.24) is 4.90 Å². The zero-order chi connectivity index (χ0) is 20.8. The van der Waals surface area contributed by atoms with Crippen LogP contribution in [0.3, 0.4) is 0 Å². The fraction of sp³-hybridized carbons (Fsp3) is 0.333. The maximum Gasteiger partial charge on any atom is 0.511 e. The SMILES string of the molecule is CC(C)N(C(=O)COc1ccc(-c2ccc(OC(=O)O)cc2Cl)cc1)C(C)C. The Labute approximate surface area is 169 Å². The molecule has 0 spiro atoms. The summed E-state index contributed by atoms with van der Waals surface area (Å²) in [5.74, 6) is 0.664. The van der Waals surface area contributed by atoms with E-state index in [4.69, 9.17) is 21.4 Å². The molecule has 0 bridgehead atoms. The third-order valence-corrected chi connectivity index (χ3v) is 4.39. The summed E-state index contributed by atoms with van der Waals surface area (Å²) in [7, 11) is 0. The fourth-order valence-corrected chi connectivity index (χ4v) is 3.30. The van der Waals surface area contributed by atoms with Crippen LogP contribution < -0.4 is 9.47 Å². The second-order valence-corrected chi connectivity index (χ2v) is 7.22. The molecule has 0 atom stereocenters. The normalized spacial score (nSPS) is 10.8. The summed E-state index contributed by atoms with van der Waals surface area (Å²) in [6.07, 6.45) is -1.40. The van der Waals surface area contributed by atoms with Crippen molar-refractivity contribution in [2.24, 2.45) is 0 Å². The summed E-state index contributed by atoms with van der Waals surface area (Å²) < 4.78 is 10.2. The number of ether oxygens (including phenoxy) is 2. The van der Waals surface area contributed by atoms with E-state index in [1.807, 2.05) is 39.8 Å². The lowest BCUT2D eigenvalue weighted by molar-refractivity contribution is -0.136. The molecule has 28 heavy (non-hydrogen) atoms. The smallest absolute Gasteiger partial charge is 0.484 e. The molecule has 0 aliphatic rings. The number of halogens is 1. The largest absolute Gasteiger partial charge is 0.511 e. The van der Waals surface area contributed by atoms with E-state index >= 15 is 0 Å². The van der Waals surface area contributed by atoms with Crippen molar-refractivity contribution in [2.45, 2.75) is 39.8 Å². The summed E-state index contributed by atoms with van der Waals surface area (Å²) in [6.45, 7) is 7.87. The minimum absolute atomic E-state index is 0.0301. The molecule has 0 saturated carbocycles. The van der Waals surface area contributed by atoms with Gasteiger partial charge in [-0.3, -0.25) is 4.79 Å². The molecule has 0 unspecified atom stereocenters. The van der Waals surface area contributed by atoms with E-state index in [1.54, 1.807) is 23.1 Å². The Balaban J connectivity index is 2.05. The van der Waals surface area contributed by atoms with Gasteiger partial charge >= 0.3 is 6.16 Å². The lowest BCUT2D eigenvalue weighted by atomic mass is 10.1. The minimum Gasteiger partial charge on any atom is -0.484 e. The van der Waals surface area contributed by atoms with Crippen LogP contribution in [-0.2, 0) is 4.79 Å². The Kier molecular flexibility index (Phi) is 7.29. The first kappa shape index (κ1) is 21.6. The predicted octanol–water partition coefficient (Wildman–Crippen LogP) is 5.09. The Morgan fingerprint density at radius 1 is 1.00 bits per heavy atom. The van der Waals surface area contributed by atoms with Gasteiger partial charge in [0.05, 0.1) is 5.02 Å². The molecule has 1 amide bonds. The van der Waals surface area contributed by atoms with Crippen LogP contribution in [0.2, 0.25) is 5.02 Å². The van der Waals surface area contributed by atoms with Gasteiger partial charge in [-0.1, -0.05) is 23.7 Å². The van der Waals surface area contributed by atoms with Gasteiger partial charge < -0.3 is 19.5 Å². The van der Waals surface area contributed by atoms with Gasteiger partial charge in [-0.15, -0.1) is 0 Å². The lowest BCUT2D eigenvalue weighted by Gasteiger charge is -2.30. The molecule has 0 aromatic heterocycles. The Bertz CT molecular complexity index is 825. The number of amides is 1. The Morgan fingerprint density at radius 3 is 2.07 bits per heavy atom. The van der Waals surface area contributed by atoms with E-state index in [0.717, 1.165) is 11.1 Å². The molecule has 0 heterocycles. The van der Waals surface area contributed by atoms with Crippen molar-refractivity contribution in [3.05, 3.63) is 47.5 Å². The third-order valence-electron chi connectivity index (χ3n) is 4.07. The molecule has 0 fully saturated rings. The second-order valence-electron chi connectivity index (χ2n) is 6.81. The van der Waals surface area contributed by atoms with Crippen LogP contribution in [0.1, 0.15) is 27.7 Å². The first-order valence-corrected chi connectivity index (χ1v) is 9.31. The first-order chi connectivity index (χ1) is 13.2. The summed E-state index contributed by atoms with van der Waals surface area (Å²) in [5.41, 5.74) is 1.56. The maximum absolute atomic E-state index is 12.4. The van der Waals surface area contributed by atoms with Crippen molar-refractivity contribution < 1.29 is 24.2 Å². The van der Waals surface area contributed by atoms with E-state index in [2.05, 4.69) is 4.74 Å². The average molecular weight is 406 g/mol. The maximum atomic E-state index is 12.4. The standard InChI is InChI=1S/C21H24ClNO5/c1-13(2)23(14(3)4)20(24)12-27-16-7-5-15(6-8-16)18-10-9-17(11-19(18)22)28-21(25)26/h5-11,13-14H,12H2,1-4H3,(H,25,26). The van der Waals surface area contributed by atoms with Crippen LogP contribution in [-0.4, -0.2) is 40.8 Å². The number of hydrogen-bond donors (Lipinski definition) is 1. The number of nitrogens with zero attached hydrogens (tertiary/aromatic N) is 1. The molecule has 2 aromatic rings. The zero-order valence-corrected chi connectivity index (χ0v) is 17.1. The van der Waals surface area contributed by atoms with Gasteiger partial charge in [0.25, 0.3) is 5.91 Å². The number of rotatable bonds is 7. The quantitative estimate of drug-likeness (QED) is 0.513. The molecular weight excluding hydrogens is 382 g/mol. The van der Waals surface area contributed by atoms with Gasteiger partial charge in [0.2, 0.25) is 0 Å². The van der Waals surface area contributed by atoms with Crippen LogP contribution in [0.4, 0.5) is 4.79 Å². The molecule has 7 heteroatoms. The summed E-state index contributed by atoms with van der Waals surface area (Å²) in [5, 5.41) is 9.02. The van der Waals surface area contributed by atoms with Crippen molar-refractivity contribution in [3.63, 3.8) is 0 Å². The van der Waals surface area contributed by atoms with E-state index in [1.165, 1.54) is 12.1 Å². The molecule has 2 aromatic carbocycles. The van der Waals surface area contributed by atoms with Crippen molar-refractivity contribution in [1.29, 1.82) is 0 Å². The topological polar surface area (TPSA) is 76.1 Å². The number of carboxylic acid groups (broad SMARTS) is 1. The number of carbonyl (C=O) groups is 2. The monoisotopic (exact) mass is 405 g/mol. The Hall–Kier alpha value is -2.73. The highest BCUT2D eigenvalue weighted by Crippen LogP contribution is 2.32. The van der Waals surface area contributed by atoms with Crippen LogP contribution in [0.25, 0.3) is 11.1 Å². The summed E-state index contributed by atoms with van der Waals surface area (Å²) >= 11 is 6.23. The third kappa shape index (κ3) is 5.63. The highest BCUT2D eigenvalue weighted by atomic mass is 35.5. The van der Waals surface area contributed by atoms with Gasteiger partial charge in [-0.25, -0.2) is 4.79 Å². The molecule has 150 valence electrons. The zero-order valence-electron chi connectivity index (χ0n) is 16.3. The molecule has 0 aliphatic carbocycles. The van der Waals surface area contributed by atoms with E-state index in [0.29, 0.717) is 10.8 Å². The van der Waals surface area contributed by atoms with Gasteiger partial charge in [0.1, 0.15) is 11.5 Å². The van der Waals surface area contributed by atoms with E-state index < -0.39 is 6.16 Å². The summed E-state index contributed by atoms with van der Waals surface area (Å²) in [4.78, 5) is 24.7. The fourth-order valence-electron chi connectivity index (χ4n) is 3.02. The van der Waals surface area contributed by atoms with E-state index in [-0.39, 0.29) is 30.3 Å². The Morgan fingerprint density at radius 2 is 1.57 bits per heavy atom. The lowest BCUT2D eigenvalue weighted by Crippen LogP contribution is -2.44. The molecule has 0 aliphatic heterocycles. The molecule has 6 nitrogen and oxygen atoms in total. The van der Waals surface area contributed by atoms with Gasteiger partial charge in [-0.05, 0) is 57.5 Å².